The molecule has 2 atom stereocenters. The molecule has 0 saturated heterocycles. The second-order valence-corrected chi connectivity index (χ2v) is 2.61. The Labute approximate surface area is 139 Å². The van der Waals surface area contributed by atoms with Crippen LogP contribution < -0.4 is 0 Å². The Morgan fingerprint density at radius 2 is 1.80 bits per heavy atom. The van der Waals surface area contributed by atoms with Crippen LogP contribution in [0.4, 0.5) is 0 Å². The van der Waals surface area contributed by atoms with E-state index in [1.165, 1.54) is 6.92 Å². The average molecular weight is 258 g/mol. The topological polar surface area (TPSA) is 104 Å². The fourth-order valence-corrected chi connectivity index (χ4v) is 0.632. The Balaban J connectivity index is -0.000000720. The number of aliphatic hydroxyl groups excluding tert-OH is 1. The molecule has 0 aromatic carbocycles. The Morgan fingerprint density at radius 1 is 1.33 bits per heavy atom. The molecule has 0 aliphatic rings. The van der Waals surface area contributed by atoms with Crippen molar-refractivity contribution in [2.75, 3.05) is 6.61 Å². The van der Waals surface area contributed by atoms with Crippen LogP contribution in [0, 0.1) is 0 Å². The first-order valence-corrected chi connectivity index (χ1v) is 3.67. The summed E-state index contributed by atoms with van der Waals surface area (Å²) < 4.78 is 4.65. The Hall–Kier alpha value is 1.12. The van der Waals surface area contributed by atoms with Crippen molar-refractivity contribution in [2.24, 2.45) is 0 Å². The molecular formula is C7H15CaNaO6. The van der Waals surface area contributed by atoms with Gasteiger partial charge in [0.15, 0.2) is 6.10 Å². The van der Waals surface area contributed by atoms with Gasteiger partial charge in [-0.2, -0.15) is 0 Å². The number of carbonyl (C=O) groups is 2. The zero-order chi connectivity index (χ0) is 10.4. The fraction of sp³-hybridized carbons (Fsp3) is 0.714. The van der Waals surface area contributed by atoms with Gasteiger partial charge in [0, 0.05) is 0 Å². The van der Waals surface area contributed by atoms with Crippen LogP contribution in [0.2, 0.25) is 0 Å². The van der Waals surface area contributed by atoms with E-state index in [2.05, 4.69) is 4.74 Å². The first kappa shape index (κ1) is 21.4. The molecule has 15 heavy (non-hydrogen) atoms. The van der Waals surface area contributed by atoms with Crippen molar-refractivity contribution < 1.29 is 29.6 Å². The number of hydrogen-bond donors (Lipinski definition) is 3. The summed E-state index contributed by atoms with van der Waals surface area (Å²) in [5, 5.41) is 25.5. The van der Waals surface area contributed by atoms with Crippen molar-refractivity contribution in [3.63, 3.8) is 0 Å². The third kappa shape index (κ3) is 13.1. The molecule has 0 aromatic rings. The van der Waals surface area contributed by atoms with Gasteiger partial charge in [0.2, 0.25) is 0 Å². The summed E-state index contributed by atoms with van der Waals surface area (Å²) in [5.74, 6) is -2.60. The number of hydrogen-bond acceptors (Lipinski definition) is 4. The summed E-state index contributed by atoms with van der Waals surface area (Å²) in [6.07, 6.45) is -2.81. The number of ether oxygens (including phenoxy) is 1. The van der Waals surface area contributed by atoms with Crippen LogP contribution in [-0.2, 0) is 14.3 Å². The first-order chi connectivity index (χ1) is 5.93. The van der Waals surface area contributed by atoms with E-state index in [1.807, 2.05) is 0 Å². The van der Waals surface area contributed by atoms with Gasteiger partial charge in [0.1, 0.15) is 0 Å². The van der Waals surface area contributed by atoms with E-state index in [4.69, 9.17) is 15.3 Å². The average Bonchev–Trinajstić information content (AvgIpc) is 1.96. The molecule has 0 rings (SSSR count). The minimum atomic E-state index is -1.40. The number of aliphatic carboxylic acids is 2. The van der Waals surface area contributed by atoms with E-state index < -0.39 is 30.6 Å². The molecule has 0 radical (unpaired) electrons. The number of carboxylic acid groups (broad SMARTS) is 2. The van der Waals surface area contributed by atoms with Crippen LogP contribution in [0.1, 0.15) is 13.3 Å². The van der Waals surface area contributed by atoms with Crippen LogP contribution in [0.15, 0.2) is 0 Å². The predicted octanol–water partition coefficient (Wildman–Crippen LogP) is -2.25. The van der Waals surface area contributed by atoms with Crippen LogP contribution in [0.25, 0.3) is 0 Å². The molecule has 0 aromatic heterocycles. The van der Waals surface area contributed by atoms with Crippen LogP contribution in [0.3, 0.4) is 0 Å². The van der Waals surface area contributed by atoms with E-state index in [0.717, 1.165) is 0 Å². The number of carboxylic acids is 2. The van der Waals surface area contributed by atoms with Crippen LogP contribution >= 0.6 is 0 Å². The Bertz CT molecular complexity index is 198. The van der Waals surface area contributed by atoms with Gasteiger partial charge in [-0.25, -0.2) is 4.79 Å². The van der Waals surface area contributed by atoms with Crippen molar-refractivity contribution in [3.8, 4) is 0 Å². The zero-order valence-electron chi connectivity index (χ0n) is 7.14. The molecule has 0 heterocycles. The summed E-state index contributed by atoms with van der Waals surface area (Å²) in [6, 6.07) is 0. The summed E-state index contributed by atoms with van der Waals surface area (Å²) in [5.41, 5.74) is 0. The Morgan fingerprint density at radius 3 is 2.07 bits per heavy atom. The first-order valence-electron chi connectivity index (χ1n) is 3.67. The molecule has 0 fully saturated rings. The number of aliphatic hydroxyl groups is 1. The molecule has 82 valence electrons. The fourth-order valence-electron chi connectivity index (χ4n) is 0.632. The molecule has 0 bridgehead atoms. The molecule has 2 unspecified atom stereocenters. The quantitative estimate of drug-likeness (QED) is 0.465. The standard InChI is InChI=1S/C7H12O6.Ca.Na.3H/c1-4(8)3-13-5(7(11)12)2-6(9)10;;;;;/h4-5,8H,2-3H2,1H3,(H,9,10)(H,11,12);;;;;. The molecule has 6 nitrogen and oxygen atoms in total. The molecule has 0 aliphatic carbocycles. The van der Waals surface area contributed by atoms with Crippen LogP contribution in [-0.4, -0.2) is 113 Å². The molecule has 0 amide bonds. The third-order valence-corrected chi connectivity index (χ3v) is 1.17. The normalized spacial score (nSPS) is 12.9. The second kappa shape index (κ2) is 11.6. The van der Waals surface area contributed by atoms with E-state index in [1.54, 1.807) is 0 Å². The van der Waals surface area contributed by atoms with Crippen molar-refractivity contribution in [1.29, 1.82) is 0 Å². The summed E-state index contributed by atoms with van der Waals surface area (Å²) >= 11 is 0. The molecule has 0 aliphatic heterocycles. The van der Waals surface area contributed by atoms with E-state index in [-0.39, 0.29) is 73.9 Å². The summed E-state index contributed by atoms with van der Waals surface area (Å²) in [6.45, 7) is 1.23. The summed E-state index contributed by atoms with van der Waals surface area (Å²) in [7, 11) is 0. The van der Waals surface area contributed by atoms with Gasteiger partial charge < -0.3 is 20.1 Å². The van der Waals surface area contributed by atoms with E-state index in [9.17, 15) is 9.59 Å². The number of rotatable bonds is 6. The third-order valence-electron chi connectivity index (χ3n) is 1.17. The van der Waals surface area contributed by atoms with Gasteiger partial charge in [-0.05, 0) is 6.92 Å². The molecule has 3 N–H and O–H groups in total. The van der Waals surface area contributed by atoms with E-state index in [0.29, 0.717) is 0 Å². The predicted molar refractivity (Wildman–Crippen MR) is 57.0 cm³/mol. The van der Waals surface area contributed by atoms with Crippen molar-refractivity contribution in [3.05, 3.63) is 0 Å². The molecule has 8 heteroatoms. The van der Waals surface area contributed by atoms with Gasteiger partial charge >= 0.3 is 79.2 Å². The molecule has 0 saturated carbocycles. The van der Waals surface area contributed by atoms with Gasteiger partial charge in [0.25, 0.3) is 0 Å². The summed E-state index contributed by atoms with van der Waals surface area (Å²) in [4.78, 5) is 20.5. The minimum absolute atomic E-state index is 0. The monoisotopic (exact) mass is 258 g/mol. The SMILES string of the molecule is CC(O)COC(CC(=O)O)C(=O)O.[CaH2].[NaH]. The van der Waals surface area contributed by atoms with Crippen LogP contribution in [0.5, 0.6) is 0 Å². The second-order valence-electron chi connectivity index (χ2n) is 2.61. The maximum atomic E-state index is 10.4. The molecule has 0 spiro atoms. The van der Waals surface area contributed by atoms with Crippen molar-refractivity contribution in [2.45, 2.75) is 25.6 Å². The Kier molecular flexibility index (Phi) is 16.6. The van der Waals surface area contributed by atoms with Crippen molar-refractivity contribution in [1.82, 2.24) is 0 Å². The van der Waals surface area contributed by atoms with Gasteiger partial charge in [-0.1, -0.05) is 0 Å². The van der Waals surface area contributed by atoms with E-state index >= 15 is 0 Å². The van der Waals surface area contributed by atoms with Crippen molar-refractivity contribution >= 4 is 79.2 Å². The maximum absolute atomic E-state index is 10.4. The van der Waals surface area contributed by atoms with Gasteiger partial charge in [-0.15, -0.1) is 0 Å². The van der Waals surface area contributed by atoms with Gasteiger partial charge in [0.05, 0.1) is 19.1 Å². The zero-order valence-corrected chi connectivity index (χ0v) is 7.14. The molecular weight excluding hydrogens is 243 g/mol. The van der Waals surface area contributed by atoms with Gasteiger partial charge in [-0.3, -0.25) is 4.79 Å².